The van der Waals surface area contributed by atoms with Crippen LogP contribution in [0.2, 0.25) is 0 Å². The molecule has 0 amide bonds. The standard InChI is InChI=1S/C28H58NO6P/c1-6-8-9-10-11-12-13-14-15-16-18-25(3)21-26(4)22-33-23-27(35-28(30)17-7-2)24-34-36(31,32)20-19-29-5/h25-27,29H,6-24H2,1-5H3,(H,31,32). The fraction of sp³-hybridized carbons (Fsp3) is 0.964. The molecule has 8 heteroatoms. The van der Waals surface area contributed by atoms with Crippen molar-refractivity contribution >= 4 is 13.6 Å². The smallest absolute Gasteiger partial charge is 0.329 e. The lowest BCUT2D eigenvalue weighted by atomic mass is 9.93. The normalized spacial score (nSPS) is 15.8. The number of ether oxygens (including phenoxy) is 2. The molecular weight excluding hydrogens is 477 g/mol. The number of hydrogen-bond donors (Lipinski definition) is 2. The molecule has 0 aromatic carbocycles. The summed E-state index contributed by atoms with van der Waals surface area (Å²) in [5, 5.41) is 2.83. The first-order valence-corrected chi connectivity index (χ1v) is 16.4. The minimum absolute atomic E-state index is 0.00789. The third-order valence-corrected chi connectivity index (χ3v) is 7.76. The molecule has 36 heavy (non-hydrogen) atoms. The first kappa shape index (κ1) is 35.5. The van der Waals surface area contributed by atoms with E-state index in [2.05, 4.69) is 26.1 Å². The summed E-state index contributed by atoms with van der Waals surface area (Å²) in [5.41, 5.74) is 0. The Morgan fingerprint density at radius 1 is 0.861 bits per heavy atom. The van der Waals surface area contributed by atoms with Crippen molar-refractivity contribution < 1.29 is 28.3 Å². The van der Waals surface area contributed by atoms with Crippen molar-refractivity contribution in [3.63, 3.8) is 0 Å². The number of hydrogen-bond acceptors (Lipinski definition) is 6. The van der Waals surface area contributed by atoms with Crippen LogP contribution in [0.1, 0.15) is 118 Å². The van der Waals surface area contributed by atoms with Gasteiger partial charge >= 0.3 is 13.6 Å². The Kier molecular flexibility index (Phi) is 23.3. The van der Waals surface area contributed by atoms with E-state index in [0.29, 0.717) is 37.8 Å². The summed E-state index contributed by atoms with van der Waals surface area (Å²) in [4.78, 5) is 21.9. The average Bonchev–Trinajstić information content (AvgIpc) is 2.82. The largest absolute Gasteiger partial charge is 0.457 e. The molecule has 2 N–H and O–H groups in total. The summed E-state index contributed by atoms with van der Waals surface area (Å²) in [6.45, 7) is 9.64. The van der Waals surface area contributed by atoms with Crippen LogP contribution in [0.3, 0.4) is 0 Å². The quantitative estimate of drug-likeness (QED) is 0.0692. The van der Waals surface area contributed by atoms with Crippen LogP contribution in [0.4, 0.5) is 0 Å². The minimum atomic E-state index is -3.73. The first-order chi connectivity index (χ1) is 17.2. The molecule has 0 heterocycles. The number of rotatable bonds is 26. The molecule has 0 rings (SSSR count). The van der Waals surface area contributed by atoms with Crippen LogP contribution in [0.25, 0.3) is 0 Å². The van der Waals surface area contributed by atoms with Crippen molar-refractivity contribution in [1.29, 1.82) is 0 Å². The summed E-state index contributed by atoms with van der Waals surface area (Å²) in [6.07, 6.45) is 16.3. The molecule has 0 aliphatic carbocycles. The number of unbranched alkanes of at least 4 members (excludes halogenated alkanes) is 9. The van der Waals surface area contributed by atoms with Crippen LogP contribution >= 0.6 is 7.60 Å². The maximum absolute atomic E-state index is 12.1. The second kappa shape index (κ2) is 23.6. The highest BCUT2D eigenvalue weighted by molar-refractivity contribution is 7.52. The van der Waals surface area contributed by atoms with E-state index in [-0.39, 0.29) is 25.3 Å². The molecule has 0 bridgehead atoms. The second-order valence-corrected chi connectivity index (χ2v) is 12.6. The Balaban J connectivity index is 4.13. The van der Waals surface area contributed by atoms with Gasteiger partial charge in [0.15, 0.2) is 0 Å². The lowest BCUT2D eigenvalue weighted by molar-refractivity contribution is -0.154. The predicted molar refractivity (Wildman–Crippen MR) is 150 cm³/mol. The van der Waals surface area contributed by atoms with Crippen LogP contribution in [-0.2, 0) is 23.4 Å². The van der Waals surface area contributed by atoms with Gasteiger partial charge in [0.2, 0.25) is 0 Å². The lowest BCUT2D eigenvalue weighted by Gasteiger charge is -2.22. The van der Waals surface area contributed by atoms with E-state index in [1.807, 2.05) is 6.92 Å². The van der Waals surface area contributed by atoms with E-state index >= 15 is 0 Å². The highest BCUT2D eigenvalue weighted by atomic mass is 31.2. The van der Waals surface area contributed by atoms with Gasteiger partial charge in [-0.2, -0.15) is 0 Å². The third kappa shape index (κ3) is 22.7. The number of carbonyl (C=O) groups is 1. The van der Waals surface area contributed by atoms with E-state index in [4.69, 9.17) is 14.0 Å². The first-order valence-electron chi connectivity index (χ1n) is 14.6. The summed E-state index contributed by atoms with van der Waals surface area (Å²) >= 11 is 0. The monoisotopic (exact) mass is 535 g/mol. The third-order valence-electron chi connectivity index (χ3n) is 6.42. The van der Waals surface area contributed by atoms with Crippen LogP contribution in [0.5, 0.6) is 0 Å². The molecule has 0 spiro atoms. The van der Waals surface area contributed by atoms with Gasteiger partial charge in [0.05, 0.1) is 19.4 Å². The van der Waals surface area contributed by atoms with Crippen molar-refractivity contribution in [2.24, 2.45) is 11.8 Å². The van der Waals surface area contributed by atoms with Gasteiger partial charge in [-0.1, -0.05) is 98.3 Å². The molecule has 216 valence electrons. The fourth-order valence-corrected chi connectivity index (χ4v) is 5.37. The average molecular weight is 536 g/mol. The molecular formula is C28H58NO6P. The summed E-state index contributed by atoms with van der Waals surface area (Å²) < 4.78 is 28.6. The molecule has 0 saturated heterocycles. The number of esters is 1. The van der Waals surface area contributed by atoms with Gasteiger partial charge < -0.3 is 24.2 Å². The molecule has 0 aliphatic heterocycles. The van der Waals surface area contributed by atoms with Gasteiger partial charge in [-0.25, -0.2) is 0 Å². The maximum atomic E-state index is 12.1. The van der Waals surface area contributed by atoms with Crippen LogP contribution in [-0.4, -0.2) is 56.5 Å². The molecule has 0 fully saturated rings. The maximum Gasteiger partial charge on any atom is 0.329 e. The highest BCUT2D eigenvalue weighted by Crippen LogP contribution is 2.41. The van der Waals surface area contributed by atoms with Gasteiger partial charge in [0, 0.05) is 19.6 Å². The van der Waals surface area contributed by atoms with Gasteiger partial charge in [0.25, 0.3) is 0 Å². The molecule has 0 aromatic rings. The van der Waals surface area contributed by atoms with Gasteiger partial charge in [-0.3, -0.25) is 9.36 Å². The Hall–Kier alpha value is -0.460. The van der Waals surface area contributed by atoms with Crippen LogP contribution in [0.15, 0.2) is 0 Å². The van der Waals surface area contributed by atoms with Crippen molar-refractivity contribution in [2.45, 2.75) is 124 Å². The van der Waals surface area contributed by atoms with E-state index in [1.165, 1.54) is 70.6 Å². The summed E-state index contributed by atoms with van der Waals surface area (Å²) in [7, 11) is -2.02. The topological polar surface area (TPSA) is 94.1 Å². The molecule has 0 radical (unpaired) electrons. The van der Waals surface area contributed by atoms with Crippen molar-refractivity contribution in [1.82, 2.24) is 5.32 Å². The van der Waals surface area contributed by atoms with Crippen molar-refractivity contribution in [3.05, 3.63) is 0 Å². The van der Waals surface area contributed by atoms with Gasteiger partial charge in [-0.05, 0) is 31.7 Å². The zero-order valence-electron chi connectivity index (χ0n) is 24.1. The van der Waals surface area contributed by atoms with Crippen molar-refractivity contribution in [3.8, 4) is 0 Å². The summed E-state index contributed by atoms with van der Waals surface area (Å²) in [6, 6.07) is 0. The number of carbonyl (C=O) groups excluding carboxylic acids is 1. The van der Waals surface area contributed by atoms with Gasteiger partial charge in [0.1, 0.15) is 6.10 Å². The summed E-state index contributed by atoms with van der Waals surface area (Å²) in [5.74, 6) is 0.720. The second-order valence-electron chi connectivity index (χ2n) is 10.6. The SMILES string of the molecule is CCCCCCCCCCCCC(C)CC(C)COCC(COP(=O)(O)CCNC)OC(=O)CCC. The van der Waals surface area contributed by atoms with Crippen LogP contribution in [0, 0.1) is 11.8 Å². The molecule has 4 unspecified atom stereocenters. The lowest BCUT2D eigenvalue weighted by Crippen LogP contribution is -2.29. The Morgan fingerprint density at radius 2 is 1.47 bits per heavy atom. The Bertz CT molecular complexity index is 562. The van der Waals surface area contributed by atoms with E-state index in [0.717, 1.165) is 6.42 Å². The molecule has 7 nitrogen and oxygen atoms in total. The Labute approximate surface area is 222 Å². The zero-order chi connectivity index (χ0) is 27.1. The predicted octanol–water partition coefficient (Wildman–Crippen LogP) is 7.11. The van der Waals surface area contributed by atoms with Gasteiger partial charge in [-0.15, -0.1) is 0 Å². The molecule has 0 aromatic heterocycles. The van der Waals surface area contributed by atoms with E-state index in [9.17, 15) is 14.3 Å². The number of nitrogens with one attached hydrogen (secondary N) is 1. The van der Waals surface area contributed by atoms with Crippen LogP contribution < -0.4 is 5.32 Å². The highest BCUT2D eigenvalue weighted by Gasteiger charge is 2.23. The zero-order valence-corrected chi connectivity index (χ0v) is 25.0. The Morgan fingerprint density at radius 3 is 2.06 bits per heavy atom. The fourth-order valence-electron chi connectivity index (χ4n) is 4.34. The molecule has 0 saturated carbocycles. The molecule has 4 atom stereocenters. The minimum Gasteiger partial charge on any atom is -0.457 e. The van der Waals surface area contributed by atoms with E-state index < -0.39 is 13.7 Å². The van der Waals surface area contributed by atoms with Crippen molar-refractivity contribution in [2.75, 3.05) is 39.6 Å². The molecule has 0 aliphatic rings. The van der Waals surface area contributed by atoms with E-state index in [1.54, 1.807) is 7.05 Å².